The lowest BCUT2D eigenvalue weighted by Crippen LogP contribution is -2.42. The number of nitrogens with one attached hydrogen (secondary N) is 2. The highest BCUT2D eigenvalue weighted by molar-refractivity contribution is 7.99. The highest BCUT2D eigenvalue weighted by Gasteiger charge is 2.31. The molecule has 31 heavy (non-hydrogen) atoms. The van der Waals surface area contributed by atoms with Crippen molar-refractivity contribution in [3.8, 4) is 0 Å². The SMILES string of the molecule is Cc1c(C)c(C)c(CSCC(=O)NNS(=O)(=O)c2cccc(C(F)(F)F)c2)c(C)c1C. The summed E-state index contributed by atoms with van der Waals surface area (Å²) in [7, 11) is -4.34. The van der Waals surface area contributed by atoms with E-state index in [0.717, 1.165) is 23.8 Å². The standard InChI is InChI=1S/C21H25F3N2O3S2/c1-12-13(2)15(4)19(16(5)14(12)3)10-30-11-20(27)25-26-31(28,29)18-8-6-7-17(9-18)21(22,23)24/h6-9,26H,10-11H2,1-5H3,(H,25,27). The third-order valence-electron chi connectivity index (χ3n) is 5.43. The van der Waals surface area contributed by atoms with E-state index in [0.29, 0.717) is 11.8 Å². The maximum absolute atomic E-state index is 12.8. The predicted molar refractivity (Wildman–Crippen MR) is 116 cm³/mol. The summed E-state index contributed by atoms with van der Waals surface area (Å²) in [5.74, 6) is -0.0416. The molecule has 10 heteroatoms. The lowest BCUT2D eigenvalue weighted by Gasteiger charge is -2.18. The zero-order valence-electron chi connectivity index (χ0n) is 17.9. The highest BCUT2D eigenvalue weighted by atomic mass is 32.2. The Morgan fingerprint density at radius 1 is 0.968 bits per heavy atom. The second-order valence-electron chi connectivity index (χ2n) is 7.28. The Morgan fingerprint density at radius 2 is 1.52 bits per heavy atom. The van der Waals surface area contributed by atoms with Crippen LogP contribution in [0.25, 0.3) is 0 Å². The van der Waals surface area contributed by atoms with Crippen LogP contribution < -0.4 is 10.3 Å². The molecule has 0 unspecified atom stereocenters. The average Bonchev–Trinajstić information content (AvgIpc) is 2.71. The number of hydrazine groups is 1. The fraction of sp³-hybridized carbons (Fsp3) is 0.381. The first-order valence-electron chi connectivity index (χ1n) is 9.37. The molecule has 0 radical (unpaired) electrons. The molecule has 0 aliphatic carbocycles. The van der Waals surface area contributed by atoms with E-state index in [9.17, 15) is 26.4 Å². The van der Waals surface area contributed by atoms with Crippen LogP contribution in [0.4, 0.5) is 13.2 Å². The number of carbonyl (C=O) groups excluding carboxylic acids is 1. The number of halogens is 3. The zero-order valence-corrected chi connectivity index (χ0v) is 19.5. The largest absolute Gasteiger partial charge is 0.416 e. The van der Waals surface area contributed by atoms with Gasteiger partial charge >= 0.3 is 6.18 Å². The molecule has 0 fully saturated rings. The van der Waals surface area contributed by atoms with Gasteiger partial charge in [-0.3, -0.25) is 10.2 Å². The number of sulfonamides is 1. The van der Waals surface area contributed by atoms with Gasteiger partial charge in [0.2, 0.25) is 5.91 Å². The molecule has 0 bridgehead atoms. The van der Waals surface area contributed by atoms with Crippen molar-refractivity contribution >= 4 is 27.7 Å². The Labute approximate surface area is 184 Å². The number of alkyl halides is 3. The average molecular weight is 475 g/mol. The van der Waals surface area contributed by atoms with Gasteiger partial charge in [0.25, 0.3) is 10.0 Å². The molecule has 5 nitrogen and oxygen atoms in total. The van der Waals surface area contributed by atoms with E-state index < -0.39 is 32.6 Å². The molecule has 0 heterocycles. The van der Waals surface area contributed by atoms with E-state index in [-0.39, 0.29) is 5.75 Å². The molecule has 0 aliphatic heterocycles. The molecule has 0 saturated heterocycles. The predicted octanol–water partition coefficient (Wildman–Crippen LogP) is 4.49. The molecule has 1 amide bonds. The van der Waals surface area contributed by atoms with Gasteiger partial charge in [-0.1, -0.05) is 6.07 Å². The molecule has 2 aromatic carbocycles. The van der Waals surface area contributed by atoms with Gasteiger partial charge in [-0.25, -0.2) is 8.42 Å². The van der Waals surface area contributed by atoms with Crippen LogP contribution in [0.2, 0.25) is 0 Å². The van der Waals surface area contributed by atoms with Crippen LogP contribution in [0.5, 0.6) is 0 Å². The number of rotatable bonds is 7. The minimum atomic E-state index is -4.67. The number of carbonyl (C=O) groups is 1. The number of hydrogen-bond acceptors (Lipinski definition) is 4. The Morgan fingerprint density at radius 3 is 2.06 bits per heavy atom. The van der Waals surface area contributed by atoms with Crippen LogP contribution in [0.1, 0.15) is 38.9 Å². The summed E-state index contributed by atoms with van der Waals surface area (Å²) in [6.07, 6.45) is -4.67. The minimum Gasteiger partial charge on any atom is -0.277 e. The fourth-order valence-corrected chi connectivity index (χ4v) is 5.00. The monoisotopic (exact) mass is 474 g/mol. The maximum Gasteiger partial charge on any atom is 0.416 e. The van der Waals surface area contributed by atoms with Crippen molar-refractivity contribution in [2.75, 3.05) is 5.75 Å². The molecule has 2 aromatic rings. The second kappa shape index (κ2) is 9.62. The van der Waals surface area contributed by atoms with Crippen LogP contribution in [-0.2, 0) is 26.7 Å². The summed E-state index contributed by atoms with van der Waals surface area (Å²) in [5, 5.41) is 0. The van der Waals surface area contributed by atoms with Gasteiger partial charge in [0.15, 0.2) is 0 Å². The van der Waals surface area contributed by atoms with Crippen molar-refractivity contribution in [2.45, 2.75) is 51.4 Å². The Balaban J connectivity index is 1.98. The van der Waals surface area contributed by atoms with Gasteiger partial charge in [-0.2, -0.15) is 13.2 Å². The molecule has 0 spiro atoms. The number of thioether (sulfide) groups is 1. The first-order chi connectivity index (χ1) is 14.3. The molecule has 0 aliphatic rings. The molecule has 0 aromatic heterocycles. The topological polar surface area (TPSA) is 75.3 Å². The lowest BCUT2D eigenvalue weighted by molar-refractivity contribution is -0.137. The van der Waals surface area contributed by atoms with E-state index in [1.165, 1.54) is 39.6 Å². The van der Waals surface area contributed by atoms with Crippen LogP contribution in [0.3, 0.4) is 0 Å². The summed E-state index contributed by atoms with van der Waals surface area (Å²) in [5.41, 5.74) is 8.08. The van der Waals surface area contributed by atoms with E-state index >= 15 is 0 Å². The summed E-state index contributed by atoms with van der Waals surface area (Å²) >= 11 is 1.32. The molecule has 170 valence electrons. The van der Waals surface area contributed by atoms with Crippen molar-refractivity contribution in [3.63, 3.8) is 0 Å². The van der Waals surface area contributed by atoms with E-state index in [2.05, 4.69) is 20.8 Å². The van der Waals surface area contributed by atoms with Crippen LogP contribution in [0.15, 0.2) is 29.2 Å². The molecule has 0 saturated carbocycles. The van der Waals surface area contributed by atoms with Crippen molar-refractivity contribution in [1.82, 2.24) is 10.3 Å². The van der Waals surface area contributed by atoms with Gasteiger partial charge < -0.3 is 0 Å². The highest BCUT2D eigenvalue weighted by Crippen LogP contribution is 2.31. The molecule has 2 rings (SSSR count). The summed E-state index contributed by atoms with van der Waals surface area (Å²) in [4.78, 5) is 13.3. The van der Waals surface area contributed by atoms with Crippen molar-refractivity contribution < 1.29 is 26.4 Å². The third kappa shape index (κ3) is 6.02. The molecule has 2 N–H and O–H groups in total. The zero-order chi connectivity index (χ0) is 23.6. The van der Waals surface area contributed by atoms with Gasteiger partial charge in [0.1, 0.15) is 0 Å². The minimum absolute atomic E-state index is 0.0179. The third-order valence-corrected chi connectivity index (χ3v) is 7.64. The van der Waals surface area contributed by atoms with Crippen LogP contribution in [0, 0.1) is 34.6 Å². The van der Waals surface area contributed by atoms with E-state index in [1.54, 1.807) is 0 Å². The number of hydrogen-bond donors (Lipinski definition) is 2. The second-order valence-corrected chi connectivity index (χ2v) is 9.94. The molecular weight excluding hydrogens is 449 g/mol. The van der Waals surface area contributed by atoms with Crippen molar-refractivity contribution in [1.29, 1.82) is 0 Å². The van der Waals surface area contributed by atoms with Crippen molar-refractivity contribution in [2.24, 2.45) is 0 Å². The van der Waals surface area contributed by atoms with Gasteiger partial charge in [0, 0.05) is 5.75 Å². The quantitative estimate of drug-likeness (QED) is 0.580. The van der Waals surface area contributed by atoms with E-state index in [4.69, 9.17) is 0 Å². The molecule has 0 atom stereocenters. The Bertz CT molecular complexity index is 1070. The van der Waals surface area contributed by atoms with Gasteiger partial charge in [-0.05, 0) is 86.2 Å². The molecular formula is C21H25F3N2O3S2. The lowest BCUT2D eigenvalue weighted by atomic mass is 9.90. The Hall–Kier alpha value is -2.04. The maximum atomic E-state index is 12.8. The summed E-state index contributed by atoms with van der Waals surface area (Å²) in [6.45, 7) is 10.3. The number of amides is 1. The summed E-state index contributed by atoms with van der Waals surface area (Å²) < 4.78 is 62.8. The van der Waals surface area contributed by atoms with Crippen LogP contribution in [-0.4, -0.2) is 20.1 Å². The first-order valence-corrected chi connectivity index (χ1v) is 12.0. The summed E-state index contributed by atoms with van der Waals surface area (Å²) in [6, 6.07) is 3.29. The Kier molecular flexibility index (Phi) is 7.83. The van der Waals surface area contributed by atoms with Crippen LogP contribution >= 0.6 is 11.8 Å². The smallest absolute Gasteiger partial charge is 0.277 e. The fourth-order valence-electron chi connectivity index (χ4n) is 3.10. The van der Waals surface area contributed by atoms with Crippen molar-refractivity contribution in [3.05, 3.63) is 63.2 Å². The number of benzene rings is 2. The van der Waals surface area contributed by atoms with Gasteiger partial charge in [-0.15, -0.1) is 16.6 Å². The first kappa shape index (κ1) is 25.2. The van der Waals surface area contributed by atoms with Gasteiger partial charge in [0.05, 0.1) is 16.2 Å². The van der Waals surface area contributed by atoms with E-state index in [1.807, 2.05) is 24.1 Å². The normalized spacial score (nSPS) is 12.1.